The molecule has 1 unspecified atom stereocenters. The minimum Gasteiger partial charge on any atom is -0.383 e. The van der Waals surface area contributed by atoms with Crippen molar-refractivity contribution in [3.05, 3.63) is 34.9 Å². The number of carbonyl (C=O) groups is 1. The number of fused-ring (bicyclic) bond motifs is 1. The lowest BCUT2D eigenvalue weighted by atomic mass is 9.95. The van der Waals surface area contributed by atoms with Gasteiger partial charge in [-0.15, -0.1) is 0 Å². The summed E-state index contributed by atoms with van der Waals surface area (Å²) < 4.78 is 5.09. The highest BCUT2D eigenvalue weighted by atomic mass is 16.5. The molecular formula is C16H24N2O2. The van der Waals surface area contributed by atoms with Crippen molar-refractivity contribution in [2.75, 3.05) is 13.7 Å². The van der Waals surface area contributed by atoms with Gasteiger partial charge in [0.2, 0.25) is 5.91 Å². The molecule has 0 radical (unpaired) electrons. The molecule has 2 rings (SSSR count). The normalized spacial score (nSPS) is 16.1. The summed E-state index contributed by atoms with van der Waals surface area (Å²) in [6, 6.07) is 6.11. The second-order valence-electron chi connectivity index (χ2n) is 6.50. The smallest absolute Gasteiger partial charge is 0.228 e. The molecule has 1 aromatic carbocycles. The molecule has 0 spiro atoms. The van der Waals surface area contributed by atoms with Crippen LogP contribution in [0.4, 0.5) is 0 Å². The Hall–Kier alpha value is -1.39. The van der Waals surface area contributed by atoms with E-state index in [4.69, 9.17) is 10.5 Å². The van der Waals surface area contributed by atoms with Gasteiger partial charge >= 0.3 is 0 Å². The quantitative estimate of drug-likeness (QED) is 0.921. The molecule has 1 aromatic rings. The predicted octanol–water partition coefficient (Wildman–Crippen LogP) is 2.22. The topological polar surface area (TPSA) is 55.6 Å². The number of nitrogens with zero attached hydrogens (tertiary/aromatic N) is 1. The molecule has 4 heteroatoms. The lowest BCUT2D eigenvalue weighted by Crippen LogP contribution is -2.35. The number of hydrogen-bond donors (Lipinski definition) is 1. The molecule has 1 aliphatic heterocycles. The van der Waals surface area contributed by atoms with E-state index in [0.717, 1.165) is 5.56 Å². The highest BCUT2D eigenvalue weighted by molar-refractivity contribution is 5.82. The second kappa shape index (κ2) is 5.54. The van der Waals surface area contributed by atoms with Gasteiger partial charge in [-0.3, -0.25) is 4.79 Å². The first-order chi connectivity index (χ1) is 9.32. The third-order valence-corrected chi connectivity index (χ3v) is 3.66. The van der Waals surface area contributed by atoms with E-state index >= 15 is 0 Å². The molecule has 0 fully saturated rings. The molecule has 0 aromatic heterocycles. The fraction of sp³-hybridized carbons (Fsp3) is 0.562. The van der Waals surface area contributed by atoms with Crippen LogP contribution in [0.3, 0.4) is 0 Å². The van der Waals surface area contributed by atoms with Crippen molar-refractivity contribution >= 4 is 5.91 Å². The number of benzene rings is 1. The summed E-state index contributed by atoms with van der Waals surface area (Å²) >= 11 is 0. The van der Waals surface area contributed by atoms with Crippen LogP contribution in [-0.2, 0) is 22.6 Å². The van der Waals surface area contributed by atoms with E-state index in [0.29, 0.717) is 19.7 Å². The summed E-state index contributed by atoms with van der Waals surface area (Å²) in [6.45, 7) is 7.75. The van der Waals surface area contributed by atoms with Gasteiger partial charge in [-0.25, -0.2) is 0 Å². The largest absolute Gasteiger partial charge is 0.383 e. The number of amides is 1. The number of hydrogen-bond acceptors (Lipinski definition) is 3. The van der Waals surface area contributed by atoms with Gasteiger partial charge in [0.15, 0.2) is 0 Å². The molecule has 0 saturated heterocycles. The summed E-state index contributed by atoms with van der Waals surface area (Å²) in [7, 11) is 1.65. The van der Waals surface area contributed by atoms with E-state index in [2.05, 4.69) is 12.1 Å². The Morgan fingerprint density at radius 2 is 2.00 bits per heavy atom. The molecule has 0 saturated carbocycles. The third-order valence-electron chi connectivity index (χ3n) is 3.66. The second-order valence-corrected chi connectivity index (χ2v) is 6.50. The average Bonchev–Trinajstić information content (AvgIpc) is 2.79. The van der Waals surface area contributed by atoms with E-state index in [1.807, 2.05) is 31.7 Å². The molecule has 1 atom stereocenters. The van der Waals surface area contributed by atoms with E-state index in [1.165, 1.54) is 11.1 Å². The summed E-state index contributed by atoms with van der Waals surface area (Å²) in [5, 5.41) is 0. The zero-order valence-electron chi connectivity index (χ0n) is 12.8. The molecule has 20 heavy (non-hydrogen) atoms. The molecule has 1 aliphatic rings. The Morgan fingerprint density at radius 1 is 1.35 bits per heavy atom. The highest BCUT2D eigenvalue weighted by Gasteiger charge is 2.31. The zero-order chi connectivity index (χ0) is 14.9. The number of rotatable bonds is 3. The first kappa shape index (κ1) is 15.0. The number of nitrogens with two attached hydrogens (primary N) is 1. The first-order valence-electron chi connectivity index (χ1n) is 6.98. The summed E-state index contributed by atoms with van der Waals surface area (Å²) in [4.78, 5) is 14.3. The van der Waals surface area contributed by atoms with Crippen molar-refractivity contribution in [3.63, 3.8) is 0 Å². The van der Waals surface area contributed by atoms with Crippen molar-refractivity contribution < 1.29 is 9.53 Å². The Labute approximate surface area is 120 Å². The number of ether oxygens (including phenoxy) is 1. The van der Waals surface area contributed by atoms with Gasteiger partial charge in [0.25, 0.3) is 0 Å². The van der Waals surface area contributed by atoms with Crippen LogP contribution in [-0.4, -0.2) is 24.5 Å². The Morgan fingerprint density at radius 3 is 2.60 bits per heavy atom. The first-order valence-corrected chi connectivity index (χ1v) is 6.98. The van der Waals surface area contributed by atoms with Gasteiger partial charge in [0, 0.05) is 25.6 Å². The molecule has 0 bridgehead atoms. The van der Waals surface area contributed by atoms with Gasteiger partial charge in [0.1, 0.15) is 0 Å². The standard InChI is InChI=1S/C16H24N2O2/c1-16(2,3)15(19)18-8-12-6-5-11(7-13(12)9-18)14(17)10-20-4/h5-7,14H,8-10,17H2,1-4H3. The molecule has 1 heterocycles. The van der Waals surface area contributed by atoms with Crippen LogP contribution in [0, 0.1) is 5.41 Å². The van der Waals surface area contributed by atoms with E-state index in [9.17, 15) is 4.79 Å². The fourth-order valence-corrected chi connectivity index (χ4v) is 2.54. The molecule has 4 nitrogen and oxygen atoms in total. The van der Waals surface area contributed by atoms with Crippen LogP contribution in [0.25, 0.3) is 0 Å². The average molecular weight is 276 g/mol. The van der Waals surface area contributed by atoms with Gasteiger partial charge in [-0.2, -0.15) is 0 Å². The Kier molecular flexibility index (Phi) is 4.16. The molecular weight excluding hydrogens is 252 g/mol. The number of carbonyl (C=O) groups excluding carboxylic acids is 1. The molecule has 110 valence electrons. The van der Waals surface area contributed by atoms with Gasteiger partial charge in [-0.1, -0.05) is 39.0 Å². The molecule has 2 N–H and O–H groups in total. The maximum atomic E-state index is 12.3. The number of methoxy groups -OCH3 is 1. The van der Waals surface area contributed by atoms with Crippen LogP contribution < -0.4 is 5.73 Å². The summed E-state index contributed by atoms with van der Waals surface area (Å²) in [6.07, 6.45) is 0. The third kappa shape index (κ3) is 3.02. The highest BCUT2D eigenvalue weighted by Crippen LogP contribution is 2.29. The van der Waals surface area contributed by atoms with E-state index in [1.54, 1.807) is 7.11 Å². The van der Waals surface area contributed by atoms with Gasteiger partial charge in [-0.05, 0) is 16.7 Å². The van der Waals surface area contributed by atoms with Gasteiger partial charge in [0.05, 0.1) is 12.6 Å². The Bertz CT molecular complexity index is 506. The van der Waals surface area contributed by atoms with Crippen LogP contribution in [0.15, 0.2) is 18.2 Å². The van der Waals surface area contributed by atoms with Gasteiger partial charge < -0.3 is 15.4 Å². The lowest BCUT2D eigenvalue weighted by molar-refractivity contribution is -0.140. The minimum atomic E-state index is -0.336. The molecule has 1 amide bonds. The monoisotopic (exact) mass is 276 g/mol. The van der Waals surface area contributed by atoms with Crippen LogP contribution in [0.2, 0.25) is 0 Å². The maximum absolute atomic E-state index is 12.3. The van der Waals surface area contributed by atoms with E-state index in [-0.39, 0.29) is 17.4 Å². The van der Waals surface area contributed by atoms with Crippen LogP contribution in [0.5, 0.6) is 0 Å². The van der Waals surface area contributed by atoms with Crippen molar-refractivity contribution in [1.29, 1.82) is 0 Å². The SMILES string of the molecule is COCC(N)c1ccc2c(c1)CN(C(=O)C(C)(C)C)C2. The maximum Gasteiger partial charge on any atom is 0.228 e. The van der Waals surface area contributed by atoms with E-state index < -0.39 is 0 Å². The molecule has 0 aliphatic carbocycles. The van der Waals surface area contributed by atoms with Crippen LogP contribution >= 0.6 is 0 Å². The lowest BCUT2D eigenvalue weighted by Gasteiger charge is -2.25. The predicted molar refractivity (Wildman–Crippen MR) is 79.0 cm³/mol. The fourth-order valence-electron chi connectivity index (χ4n) is 2.54. The zero-order valence-corrected chi connectivity index (χ0v) is 12.8. The van der Waals surface area contributed by atoms with Crippen molar-refractivity contribution in [2.24, 2.45) is 11.1 Å². The van der Waals surface area contributed by atoms with Crippen LogP contribution in [0.1, 0.15) is 43.5 Å². The van der Waals surface area contributed by atoms with Crippen molar-refractivity contribution in [1.82, 2.24) is 4.90 Å². The van der Waals surface area contributed by atoms with Crippen molar-refractivity contribution in [2.45, 2.75) is 39.9 Å². The minimum absolute atomic E-state index is 0.113. The summed E-state index contributed by atoms with van der Waals surface area (Å²) in [5.74, 6) is 0.191. The Balaban J connectivity index is 2.15. The van der Waals surface area contributed by atoms with Crippen molar-refractivity contribution in [3.8, 4) is 0 Å². The summed E-state index contributed by atoms with van der Waals surface area (Å²) in [5.41, 5.74) is 9.21.